The fraction of sp³-hybridized carbons (Fsp3) is 0.364. The van der Waals surface area contributed by atoms with Gasteiger partial charge in [0, 0.05) is 12.2 Å². The first kappa shape index (κ1) is 9.14. The molecule has 1 heterocycles. The standard InChI is InChI=1S/C11H11BN2/c1-11(7-13)4-5-14-10-3-2-8(12)6-9(10)11/h2-3,6,14H,4-5H2,1H3. The Balaban J connectivity index is 2.59. The highest BCUT2D eigenvalue weighted by molar-refractivity contribution is 6.32. The van der Waals surface area contributed by atoms with Crippen molar-refractivity contribution in [1.29, 1.82) is 5.26 Å². The van der Waals surface area contributed by atoms with Crippen molar-refractivity contribution in [2.45, 2.75) is 18.8 Å². The summed E-state index contributed by atoms with van der Waals surface area (Å²) < 4.78 is 0. The molecule has 1 aliphatic rings. The zero-order chi connectivity index (χ0) is 10.2. The molecule has 1 atom stereocenters. The number of fused-ring (bicyclic) bond motifs is 1. The molecule has 0 saturated heterocycles. The van der Waals surface area contributed by atoms with E-state index in [9.17, 15) is 0 Å². The third-order valence-electron chi connectivity index (χ3n) is 2.83. The van der Waals surface area contributed by atoms with Gasteiger partial charge in [-0.05, 0) is 25.0 Å². The minimum atomic E-state index is -0.393. The van der Waals surface area contributed by atoms with Gasteiger partial charge in [-0.15, -0.1) is 0 Å². The quantitative estimate of drug-likeness (QED) is 0.609. The van der Waals surface area contributed by atoms with Gasteiger partial charge in [0.15, 0.2) is 0 Å². The maximum Gasteiger partial charge on any atom is 0.113 e. The van der Waals surface area contributed by atoms with Crippen molar-refractivity contribution >= 4 is 19.0 Å². The predicted molar refractivity (Wildman–Crippen MR) is 57.9 cm³/mol. The van der Waals surface area contributed by atoms with Crippen LogP contribution in [-0.4, -0.2) is 14.4 Å². The first-order valence-electron chi connectivity index (χ1n) is 4.71. The van der Waals surface area contributed by atoms with Gasteiger partial charge in [-0.3, -0.25) is 0 Å². The average molecular weight is 182 g/mol. The zero-order valence-electron chi connectivity index (χ0n) is 8.17. The van der Waals surface area contributed by atoms with E-state index in [1.807, 2.05) is 25.1 Å². The molecule has 1 N–H and O–H groups in total. The molecule has 0 fully saturated rings. The summed E-state index contributed by atoms with van der Waals surface area (Å²) in [5.41, 5.74) is 2.38. The van der Waals surface area contributed by atoms with E-state index in [0.717, 1.165) is 24.2 Å². The molecule has 2 nitrogen and oxygen atoms in total. The third-order valence-corrected chi connectivity index (χ3v) is 2.83. The normalized spacial score (nSPS) is 24.6. The minimum Gasteiger partial charge on any atom is -0.385 e. The lowest BCUT2D eigenvalue weighted by Crippen LogP contribution is -2.31. The largest absolute Gasteiger partial charge is 0.385 e. The number of benzene rings is 1. The van der Waals surface area contributed by atoms with Crippen molar-refractivity contribution in [2.75, 3.05) is 11.9 Å². The van der Waals surface area contributed by atoms with E-state index in [-0.39, 0.29) is 0 Å². The van der Waals surface area contributed by atoms with Crippen LogP contribution < -0.4 is 10.8 Å². The zero-order valence-corrected chi connectivity index (χ0v) is 8.17. The van der Waals surface area contributed by atoms with Crippen LogP contribution in [0.1, 0.15) is 18.9 Å². The van der Waals surface area contributed by atoms with Gasteiger partial charge in [-0.1, -0.05) is 17.6 Å². The summed E-state index contributed by atoms with van der Waals surface area (Å²) in [5, 5.41) is 12.4. The van der Waals surface area contributed by atoms with Crippen LogP contribution >= 0.6 is 0 Å². The SMILES string of the molecule is [B]c1ccc2c(c1)C(C)(C#N)CCN2. The van der Waals surface area contributed by atoms with Gasteiger partial charge in [-0.25, -0.2) is 0 Å². The monoisotopic (exact) mass is 182 g/mol. The topological polar surface area (TPSA) is 35.8 Å². The summed E-state index contributed by atoms with van der Waals surface area (Å²) >= 11 is 0. The molecule has 0 spiro atoms. The molecule has 2 radical (unpaired) electrons. The maximum atomic E-state index is 9.17. The molecule has 0 aliphatic carbocycles. The third kappa shape index (κ3) is 1.28. The number of rotatable bonds is 0. The Hall–Kier alpha value is -1.43. The number of anilines is 1. The molecule has 1 aromatic carbocycles. The van der Waals surface area contributed by atoms with Gasteiger partial charge in [0.25, 0.3) is 0 Å². The van der Waals surface area contributed by atoms with Gasteiger partial charge >= 0.3 is 0 Å². The van der Waals surface area contributed by atoms with Crippen LogP contribution in [-0.2, 0) is 5.41 Å². The van der Waals surface area contributed by atoms with Crippen LogP contribution in [0.3, 0.4) is 0 Å². The summed E-state index contributed by atoms with van der Waals surface area (Å²) in [7, 11) is 5.72. The molecular formula is C11H11BN2. The molecule has 1 aromatic rings. The number of hydrogen-bond acceptors (Lipinski definition) is 2. The molecule has 0 amide bonds. The molecular weight excluding hydrogens is 171 g/mol. The molecule has 2 rings (SSSR count). The second-order valence-corrected chi connectivity index (χ2v) is 3.93. The van der Waals surface area contributed by atoms with Gasteiger partial charge in [0.2, 0.25) is 0 Å². The maximum absolute atomic E-state index is 9.17. The Morgan fingerprint density at radius 1 is 1.57 bits per heavy atom. The Morgan fingerprint density at radius 2 is 2.36 bits per heavy atom. The van der Waals surface area contributed by atoms with Gasteiger partial charge < -0.3 is 5.32 Å². The fourth-order valence-corrected chi connectivity index (χ4v) is 1.87. The van der Waals surface area contributed by atoms with Crippen molar-refractivity contribution < 1.29 is 0 Å². The second-order valence-electron chi connectivity index (χ2n) is 3.93. The van der Waals surface area contributed by atoms with Crippen molar-refractivity contribution in [3.63, 3.8) is 0 Å². The Labute approximate surface area is 85.3 Å². The number of nitriles is 1. The van der Waals surface area contributed by atoms with E-state index >= 15 is 0 Å². The highest BCUT2D eigenvalue weighted by Crippen LogP contribution is 2.35. The Bertz CT molecular complexity index is 408. The van der Waals surface area contributed by atoms with Gasteiger partial charge in [0.05, 0.1) is 11.5 Å². The highest BCUT2D eigenvalue weighted by Gasteiger charge is 2.31. The lowest BCUT2D eigenvalue weighted by molar-refractivity contribution is 0.556. The van der Waals surface area contributed by atoms with E-state index in [1.165, 1.54) is 0 Å². The van der Waals surface area contributed by atoms with Crippen LogP contribution in [0.15, 0.2) is 18.2 Å². The van der Waals surface area contributed by atoms with Crippen LogP contribution in [0.2, 0.25) is 0 Å². The number of nitrogens with one attached hydrogen (secondary N) is 1. The van der Waals surface area contributed by atoms with Crippen LogP contribution in [0, 0.1) is 11.3 Å². The molecule has 68 valence electrons. The van der Waals surface area contributed by atoms with E-state index < -0.39 is 5.41 Å². The van der Waals surface area contributed by atoms with Gasteiger partial charge in [0.1, 0.15) is 7.85 Å². The second kappa shape index (κ2) is 3.06. The molecule has 0 aromatic heterocycles. The molecule has 0 saturated carbocycles. The Kier molecular flexibility index (Phi) is 2.00. The predicted octanol–water partition coefficient (Wildman–Crippen LogP) is 1.08. The molecule has 3 heteroatoms. The minimum absolute atomic E-state index is 0.393. The van der Waals surface area contributed by atoms with Crippen LogP contribution in [0.25, 0.3) is 0 Å². The summed E-state index contributed by atoms with van der Waals surface area (Å²) in [6.07, 6.45) is 0.833. The molecule has 1 aliphatic heterocycles. The summed E-state index contributed by atoms with van der Waals surface area (Å²) in [5.74, 6) is 0. The van der Waals surface area contributed by atoms with Gasteiger partial charge in [-0.2, -0.15) is 5.26 Å². The first-order chi connectivity index (χ1) is 6.65. The van der Waals surface area contributed by atoms with Crippen molar-refractivity contribution in [2.24, 2.45) is 0 Å². The summed E-state index contributed by atoms with van der Waals surface area (Å²) in [6.45, 7) is 2.81. The van der Waals surface area contributed by atoms with Crippen LogP contribution in [0.5, 0.6) is 0 Å². The van der Waals surface area contributed by atoms with E-state index in [2.05, 4.69) is 11.4 Å². The van der Waals surface area contributed by atoms with Crippen LogP contribution in [0.4, 0.5) is 5.69 Å². The Morgan fingerprint density at radius 3 is 3.07 bits per heavy atom. The molecule has 14 heavy (non-hydrogen) atoms. The lowest BCUT2D eigenvalue weighted by Gasteiger charge is -2.31. The van der Waals surface area contributed by atoms with E-state index in [1.54, 1.807) is 0 Å². The number of nitrogens with zero attached hydrogens (tertiary/aromatic N) is 1. The first-order valence-corrected chi connectivity index (χ1v) is 4.71. The highest BCUT2D eigenvalue weighted by atomic mass is 14.9. The molecule has 1 unspecified atom stereocenters. The average Bonchev–Trinajstić information content (AvgIpc) is 2.20. The van der Waals surface area contributed by atoms with E-state index in [4.69, 9.17) is 13.1 Å². The number of hydrogen-bond donors (Lipinski definition) is 1. The van der Waals surface area contributed by atoms with E-state index in [0.29, 0.717) is 5.46 Å². The van der Waals surface area contributed by atoms with Crippen molar-refractivity contribution in [1.82, 2.24) is 0 Å². The summed E-state index contributed by atoms with van der Waals surface area (Å²) in [6, 6.07) is 8.06. The summed E-state index contributed by atoms with van der Waals surface area (Å²) in [4.78, 5) is 0. The van der Waals surface area contributed by atoms with Crippen molar-refractivity contribution in [3.05, 3.63) is 23.8 Å². The molecule has 0 bridgehead atoms. The fourth-order valence-electron chi connectivity index (χ4n) is 1.87. The smallest absolute Gasteiger partial charge is 0.113 e. The van der Waals surface area contributed by atoms with Crippen molar-refractivity contribution in [3.8, 4) is 6.07 Å². The lowest BCUT2D eigenvalue weighted by atomic mass is 9.76.